The van der Waals surface area contributed by atoms with Crippen molar-refractivity contribution in [2.75, 3.05) is 18.5 Å². The van der Waals surface area contributed by atoms with E-state index < -0.39 is 22.2 Å². The summed E-state index contributed by atoms with van der Waals surface area (Å²) in [6, 6.07) is 1.39. The number of nitrogens with zero attached hydrogens (tertiary/aromatic N) is 1. The van der Waals surface area contributed by atoms with Crippen molar-refractivity contribution in [2.24, 2.45) is 5.92 Å². The van der Waals surface area contributed by atoms with Crippen LogP contribution in [0.25, 0.3) is 0 Å². The molecule has 2 N–H and O–H groups in total. The molecule has 0 saturated carbocycles. The molecule has 0 bridgehead atoms. The predicted molar refractivity (Wildman–Crippen MR) is 71.6 cm³/mol. The molecule has 0 aromatic heterocycles. The summed E-state index contributed by atoms with van der Waals surface area (Å²) < 4.78 is 26.6. The maximum absolute atomic E-state index is 13.4. The molecule has 0 saturated heterocycles. The molecule has 5 nitrogen and oxygen atoms in total. The van der Waals surface area contributed by atoms with Gasteiger partial charge in [-0.15, -0.1) is 0 Å². The molecule has 0 heterocycles. The molecule has 0 spiro atoms. The van der Waals surface area contributed by atoms with E-state index in [-0.39, 0.29) is 18.2 Å². The van der Waals surface area contributed by atoms with Gasteiger partial charge in [-0.25, -0.2) is 4.39 Å². The standard InChI is InChI=1S/C13H18F2N2O3/c1-2-3-9(4-5-18)8-16-12-7-10(14)6-11(15)13(12)17(19)20/h6-7,9,16,18H,2-5,8H2,1H3. The van der Waals surface area contributed by atoms with Crippen LogP contribution in [0.4, 0.5) is 20.2 Å². The Balaban J connectivity index is 2.87. The molecule has 1 unspecified atom stereocenters. The van der Waals surface area contributed by atoms with E-state index in [1.807, 2.05) is 6.92 Å². The lowest BCUT2D eigenvalue weighted by Gasteiger charge is -2.16. The first-order valence-corrected chi connectivity index (χ1v) is 6.47. The summed E-state index contributed by atoms with van der Waals surface area (Å²) in [6.45, 7) is 2.30. The lowest BCUT2D eigenvalue weighted by Crippen LogP contribution is -2.16. The van der Waals surface area contributed by atoms with Gasteiger partial charge in [-0.05, 0) is 18.8 Å². The van der Waals surface area contributed by atoms with Crippen LogP contribution < -0.4 is 5.32 Å². The first-order chi connectivity index (χ1) is 9.49. The van der Waals surface area contributed by atoms with Crippen molar-refractivity contribution in [2.45, 2.75) is 26.2 Å². The first-order valence-electron chi connectivity index (χ1n) is 6.47. The van der Waals surface area contributed by atoms with Crippen molar-refractivity contribution in [3.05, 3.63) is 33.9 Å². The van der Waals surface area contributed by atoms with Gasteiger partial charge in [-0.1, -0.05) is 13.3 Å². The van der Waals surface area contributed by atoms with Gasteiger partial charge < -0.3 is 10.4 Å². The Bertz CT molecular complexity index is 463. The van der Waals surface area contributed by atoms with Gasteiger partial charge in [0.05, 0.1) is 4.92 Å². The number of nitro groups is 1. The lowest BCUT2D eigenvalue weighted by molar-refractivity contribution is -0.386. The third-order valence-corrected chi connectivity index (χ3v) is 3.03. The fourth-order valence-corrected chi connectivity index (χ4v) is 2.08. The molecular formula is C13H18F2N2O3. The summed E-state index contributed by atoms with van der Waals surface area (Å²) in [5.74, 6) is -1.98. The van der Waals surface area contributed by atoms with E-state index in [1.54, 1.807) is 0 Å². The minimum absolute atomic E-state index is 0.00590. The third-order valence-electron chi connectivity index (χ3n) is 3.03. The quantitative estimate of drug-likeness (QED) is 0.569. The molecule has 0 aliphatic heterocycles. The molecule has 112 valence electrons. The largest absolute Gasteiger partial charge is 0.396 e. The Kier molecular flexibility index (Phi) is 6.30. The van der Waals surface area contributed by atoms with Crippen LogP contribution in [0.15, 0.2) is 12.1 Å². The highest BCUT2D eigenvalue weighted by molar-refractivity contribution is 5.62. The fourth-order valence-electron chi connectivity index (χ4n) is 2.08. The zero-order valence-corrected chi connectivity index (χ0v) is 11.2. The molecule has 0 fully saturated rings. The summed E-state index contributed by atoms with van der Waals surface area (Å²) in [5, 5.41) is 22.5. The van der Waals surface area contributed by atoms with E-state index in [1.165, 1.54) is 0 Å². The average molecular weight is 288 g/mol. The maximum Gasteiger partial charge on any atom is 0.327 e. The second-order valence-corrected chi connectivity index (χ2v) is 4.59. The van der Waals surface area contributed by atoms with Crippen LogP contribution >= 0.6 is 0 Å². The third kappa shape index (κ3) is 4.41. The number of hydrogen-bond donors (Lipinski definition) is 2. The zero-order valence-electron chi connectivity index (χ0n) is 11.2. The van der Waals surface area contributed by atoms with E-state index >= 15 is 0 Å². The summed E-state index contributed by atoms with van der Waals surface area (Å²) in [5.41, 5.74) is -0.933. The molecular weight excluding hydrogens is 270 g/mol. The average Bonchev–Trinajstić information content (AvgIpc) is 2.35. The molecule has 0 aliphatic rings. The summed E-state index contributed by atoms with van der Waals surface area (Å²) >= 11 is 0. The monoisotopic (exact) mass is 288 g/mol. The van der Waals surface area contributed by atoms with Crippen LogP contribution in [0.5, 0.6) is 0 Å². The van der Waals surface area contributed by atoms with E-state index in [4.69, 9.17) is 5.11 Å². The Morgan fingerprint density at radius 3 is 2.65 bits per heavy atom. The van der Waals surface area contributed by atoms with E-state index in [0.29, 0.717) is 19.0 Å². The highest BCUT2D eigenvalue weighted by Crippen LogP contribution is 2.29. The SMILES string of the molecule is CCCC(CCO)CNc1cc(F)cc(F)c1[N+](=O)[O-]. The molecule has 1 aromatic carbocycles. The number of nitrogens with one attached hydrogen (secondary N) is 1. The first kappa shape index (κ1) is 16.3. The van der Waals surface area contributed by atoms with Crippen LogP contribution in [0.2, 0.25) is 0 Å². The van der Waals surface area contributed by atoms with Crippen LogP contribution in [0.3, 0.4) is 0 Å². The van der Waals surface area contributed by atoms with Crippen molar-refractivity contribution < 1.29 is 18.8 Å². The Hall–Kier alpha value is -1.76. The molecule has 0 amide bonds. The Morgan fingerprint density at radius 2 is 2.10 bits per heavy atom. The van der Waals surface area contributed by atoms with Crippen LogP contribution in [0, 0.1) is 27.7 Å². The molecule has 0 radical (unpaired) electrons. The van der Waals surface area contributed by atoms with Gasteiger partial charge in [0, 0.05) is 25.3 Å². The van der Waals surface area contributed by atoms with Gasteiger partial charge >= 0.3 is 5.69 Å². The highest BCUT2D eigenvalue weighted by Gasteiger charge is 2.22. The molecule has 1 atom stereocenters. The zero-order chi connectivity index (χ0) is 15.1. The normalized spacial score (nSPS) is 12.2. The minimum Gasteiger partial charge on any atom is -0.396 e. The smallest absolute Gasteiger partial charge is 0.327 e. The van der Waals surface area contributed by atoms with E-state index in [9.17, 15) is 18.9 Å². The van der Waals surface area contributed by atoms with Crippen LogP contribution in [-0.2, 0) is 0 Å². The number of aliphatic hydroxyl groups is 1. The topological polar surface area (TPSA) is 75.4 Å². The summed E-state index contributed by atoms with van der Waals surface area (Å²) in [4.78, 5) is 9.94. The number of aliphatic hydroxyl groups excluding tert-OH is 1. The van der Waals surface area contributed by atoms with E-state index in [0.717, 1.165) is 18.9 Å². The van der Waals surface area contributed by atoms with Gasteiger partial charge in [0.2, 0.25) is 5.82 Å². The predicted octanol–water partition coefficient (Wildman–Crippen LogP) is 3.08. The second-order valence-electron chi connectivity index (χ2n) is 4.59. The number of benzene rings is 1. The molecule has 1 rings (SSSR count). The molecule has 1 aromatic rings. The number of rotatable bonds is 8. The maximum atomic E-state index is 13.4. The molecule has 7 heteroatoms. The Labute approximate surface area is 115 Å². The number of anilines is 1. The molecule has 0 aliphatic carbocycles. The van der Waals surface area contributed by atoms with Gasteiger partial charge in [-0.3, -0.25) is 10.1 Å². The number of hydrogen-bond acceptors (Lipinski definition) is 4. The van der Waals surface area contributed by atoms with E-state index in [2.05, 4.69) is 5.32 Å². The van der Waals surface area contributed by atoms with Gasteiger partial charge in [0.25, 0.3) is 0 Å². The number of halogens is 2. The summed E-state index contributed by atoms with van der Waals surface area (Å²) in [6.07, 6.45) is 2.25. The van der Waals surface area contributed by atoms with Gasteiger partial charge in [0.15, 0.2) is 0 Å². The van der Waals surface area contributed by atoms with Crippen molar-refractivity contribution in [3.8, 4) is 0 Å². The van der Waals surface area contributed by atoms with Crippen molar-refractivity contribution >= 4 is 11.4 Å². The summed E-state index contributed by atoms with van der Waals surface area (Å²) in [7, 11) is 0. The molecule has 20 heavy (non-hydrogen) atoms. The van der Waals surface area contributed by atoms with Crippen LogP contribution in [-0.4, -0.2) is 23.2 Å². The highest BCUT2D eigenvalue weighted by atomic mass is 19.1. The van der Waals surface area contributed by atoms with Gasteiger partial charge in [0.1, 0.15) is 11.5 Å². The Morgan fingerprint density at radius 1 is 1.40 bits per heavy atom. The van der Waals surface area contributed by atoms with Gasteiger partial charge in [-0.2, -0.15) is 4.39 Å². The van der Waals surface area contributed by atoms with Crippen molar-refractivity contribution in [1.82, 2.24) is 0 Å². The minimum atomic E-state index is -1.20. The fraction of sp³-hybridized carbons (Fsp3) is 0.538. The van der Waals surface area contributed by atoms with Crippen LogP contribution in [0.1, 0.15) is 26.2 Å². The van der Waals surface area contributed by atoms with Crippen molar-refractivity contribution in [3.63, 3.8) is 0 Å². The second kappa shape index (κ2) is 7.74. The van der Waals surface area contributed by atoms with Crippen molar-refractivity contribution in [1.29, 1.82) is 0 Å². The lowest BCUT2D eigenvalue weighted by atomic mass is 10.00. The number of nitro benzene ring substituents is 1.